The smallest absolute Gasteiger partial charge is 0.354 e. The molecule has 0 radical (unpaired) electrons. The monoisotopic (exact) mass is 846 g/mol. The van der Waals surface area contributed by atoms with E-state index < -0.39 is 17.9 Å². The number of aryl methyl sites for hydroxylation is 6. The number of aromatic nitrogens is 3. The molecule has 0 atom stereocenters. The quantitative estimate of drug-likeness (QED) is 0.108. The first-order valence-electron chi connectivity index (χ1n) is 21.2. The van der Waals surface area contributed by atoms with Crippen molar-refractivity contribution in [2.45, 2.75) is 61.2 Å². The van der Waals surface area contributed by atoms with Crippen LogP contribution in [0.25, 0.3) is 33.4 Å². The third-order valence-electron chi connectivity index (χ3n) is 11.7. The van der Waals surface area contributed by atoms with Gasteiger partial charge >= 0.3 is 17.9 Å². The SMILES string of the molecule is Cc1ccc(-c2cc(CN3CCN(Cc4cc(-c5ccc(C)cc5C)cc(C(=O)O)n4)CCN(Cc4cc(-c5ccc(C)cc5C)cc(C(=O)O)n4)CC3)nc(C(=O)O)c2)c(C)c1. The largest absolute Gasteiger partial charge is 0.477 e. The summed E-state index contributed by atoms with van der Waals surface area (Å²) >= 11 is 0. The molecule has 12 nitrogen and oxygen atoms in total. The number of aromatic carboxylic acids is 3. The van der Waals surface area contributed by atoms with E-state index in [-0.39, 0.29) is 17.1 Å². The minimum atomic E-state index is -1.10. The number of hydrogen-bond acceptors (Lipinski definition) is 9. The van der Waals surface area contributed by atoms with E-state index in [4.69, 9.17) is 0 Å². The molecule has 0 amide bonds. The van der Waals surface area contributed by atoms with E-state index in [2.05, 4.69) is 47.9 Å². The second-order valence-electron chi connectivity index (χ2n) is 16.9. The topological polar surface area (TPSA) is 160 Å². The Morgan fingerprint density at radius 2 is 0.667 bits per heavy atom. The molecular formula is C51H54N6O6. The van der Waals surface area contributed by atoms with E-state index in [9.17, 15) is 29.7 Å². The molecule has 4 heterocycles. The molecule has 0 unspecified atom stereocenters. The van der Waals surface area contributed by atoms with Gasteiger partial charge in [0.2, 0.25) is 0 Å². The average Bonchev–Trinajstić information content (AvgIpc) is 3.31. The van der Waals surface area contributed by atoms with Crippen LogP contribution in [0.3, 0.4) is 0 Å². The fraction of sp³-hybridized carbons (Fsp3) is 0.294. The highest BCUT2D eigenvalue weighted by Gasteiger charge is 2.22. The van der Waals surface area contributed by atoms with Gasteiger partial charge < -0.3 is 15.3 Å². The van der Waals surface area contributed by atoms with E-state index in [0.29, 0.717) is 76.0 Å². The molecule has 63 heavy (non-hydrogen) atoms. The van der Waals surface area contributed by atoms with Gasteiger partial charge in [-0.2, -0.15) is 0 Å². The fourth-order valence-electron chi connectivity index (χ4n) is 8.56. The van der Waals surface area contributed by atoms with Gasteiger partial charge in [-0.1, -0.05) is 71.3 Å². The highest BCUT2D eigenvalue weighted by Crippen LogP contribution is 2.29. The molecule has 1 fully saturated rings. The number of carboxylic acid groups (broad SMARTS) is 3. The van der Waals surface area contributed by atoms with Crippen molar-refractivity contribution in [2.75, 3.05) is 39.3 Å². The number of rotatable bonds is 12. The van der Waals surface area contributed by atoms with Crippen LogP contribution in [0, 0.1) is 41.5 Å². The third-order valence-corrected chi connectivity index (χ3v) is 11.7. The van der Waals surface area contributed by atoms with Crippen molar-refractivity contribution in [3.63, 3.8) is 0 Å². The van der Waals surface area contributed by atoms with Gasteiger partial charge in [0.05, 0.1) is 17.1 Å². The zero-order valence-electron chi connectivity index (χ0n) is 36.8. The Hall–Kier alpha value is -6.60. The molecule has 0 bridgehead atoms. The number of carboxylic acids is 3. The highest BCUT2D eigenvalue weighted by molar-refractivity contribution is 5.89. The lowest BCUT2D eigenvalue weighted by Crippen LogP contribution is -2.36. The van der Waals surface area contributed by atoms with Gasteiger partial charge in [-0.15, -0.1) is 0 Å². The van der Waals surface area contributed by atoms with Gasteiger partial charge in [-0.25, -0.2) is 29.3 Å². The molecule has 1 aliphatic heterocycles. The summed E-state index contributed by atoms with van der Waals surface area (Å²) in [5, 5.41) is 30.4. The Labute approximate surface area is 368 Å². The van der Waals surface area contributed by atoms with Gasteiger partial charge in [0, 0.05) is 58.9 Å². The number of nitrogens with zero attached hydrogens (tertiary/aromatic N) is 6. The van der Waals surface area contributed by atoms with Crippen molar-refractivity contribution < 1.29 is 29.7 Å². The molecule has 1 aliphatic rings. The van der Waals surface area contributed by atoms with Crippen LogP contribution in [0.15, 0.2) is 91.0 Å². The van der Waals surface area contributed by atoms with E-state index in [1.54, 1.807) is 18.2 Å². The molecule has 7 rings (SSSR count). The summed E-state index contributed by atoms with van der Waals surface area (Å²) in [6.45, 7) is 16.9. The van der Waals surface area contributed by atoms with Crippen LogP contribution in [-0.4, -0.2) is 102 Å². The maximum atomic E-state index is 12.4. The van der Waals surface area contributed by atoms with Crippen molar-refractivity contribution in [1.82, 2.24) is 29.7 Å². The van der Waals surface area contributed by atoms with E-state index in [1.165, 1.54) is 0 Å². The number of benzene rings is 3. The Bertz CT molecular complexity index is 2410. The minimum absolute atomic E-state index is 0.0250. The Balaban J connectivity index is 1.23. The summed E-state index contributed by atoms with van der Waals surface area (Å²) in [7, 11) is 0. The second-order valence-corrected chi connectivity index (χ2v) is 16.9. The predicted octanol–water partition coefficient (Wildman–Crippen LogP) is 8.64. The van der Waals surface area contributed by atoms with E-state index in [1.807, 2.05) is 96.1 Å². The lowest BCUT2D eigenvalue weighted by atomic mass is 9.98. The zero-order valence-corrected chi connectivity index (χ0v) is 36.8. The zero-order chi connectivity index (χ0) is 44.9. The van der Waals surface area contributed by atoms with Gasteiger partial charge in [0.25, 0.3) is 0 Å². The first kappa shape index (κ1) is 44.5. The Morgan fingerprint density at radius 3 is 0.889 bits per heavy atom. The summed E-state index contributed by atoms with van der Waals surface area (Å²) in [5.74, 6) is -3.30. The molecule has 1 saturated heterocycles. The summed E-state index contributed by atoms with van der Waals surface area (Å²) in [6.07, 6.45) is 0. The van der Waals surface area contributed by atoms with Crippen LogP contribution in [0.4, 0.5) is 0 Å². The minimum Gasteiger partial charge on any atom is -0.477 e. The van der Waals surface area contributed by atoms with Gasteiger partial charge in [0.15, 0.2) is 0 Å². The van der Waals surface area contributed by atoms with Gasteiger partial charge in [-0.05, 0) is 128 Å². The first-order chi connectivity index (χ1) is 30.1. The fourth-order valence-corrected chi connectivity index (χ4v) is 8.56. The van der Waals surface area contributed by atoms with Crippen LogP contribution in [0.1, 0.15) is 81.9 Å². The van der Waals surface area contributed by atoms with Crippen LogP contribution in [0.5, 0.6) is 0 Å². The van der Waals surface area contributed by atoms with Crippen molar-refractivity contribution in [1.29, 1.82) is 0 Å². The molecule has 324 valence electrons. The molecule has 3 aromatic heterocycles. The maximum absolute atomic E-state index is 12.4. The third kappa shape index (κ3) is 11.1. The van der Waals surface area contributed by atoms with Gasteiger partial charge in [0.1, 0.15) is 17.1 Å². The molecule has 3 aromatic carbocycles. The molecule has 0 aliphatic carbocycles. The summed E-state index contributed by atoms with van der Waals surface area (Å²) in [6, 6.07) is 29.1. The molecule has 0 spiro atoms. The first-order valence-corrected chi connectivity index (χ1v) is 21.2. The average molecular weight is 847 g/mol. The molecule has 12 heteroatoms. The lowest BCUT2D eigenvalue weighted by molar-refractivity contribution is 0.0679. The van der Waals surface area contributed by atoms with E-state index in [0.717, 1.165) is 66.8 Å². The molecule has 0 saturated carbocycles. The Kier molecular flexibility index (Phi) is 13.6. The number of hydrogen-bond donors (Lipinski definition) is 3. The van der Waals surface area contributed by atoms with Crippen LogP contribution in [-0.2, 0) is 19.6 Å². The molecule has 3 N–H and O–H groups in total. The number of carbonyl (C=O) groups is 3. The van der Waals surface area contributed by atoms with Crippen molar-refractivity contribution >= 4 is 17.9 Å². The van der Waals surface area contributed by atoms with Crippen molar-refractivity contribution in [2.24, 2.45) is 0 Å². The molecule has 6 aromatic rings. The predicted molar refractivity (Wildman–Crippen MR) is 244 cm³/mol. The maximum Gasteiger partial charge on any atom is 0.354 e. The van der Waals surface area contributed by atoms with Crippen LogP contribution in [0.2, 0.25) is 0 Å². The Morgan fingerprint density at radius 1 is 0.413 bits per heavy atom. The van der Waals surface area contributed by atoms with Crippen LogP contribution >= 0.6 is 0 Å². The standard InChI is InChI=1S/C51H54N6O6/c1-31-7-10-43(34(4)19-31)37-22-40(52-46(25-37)49(58)59)28-55-13-15-56(29-41-23-38(26-47(53-41)50(60)61)44-11-8-32(2)20-35(44)5)17-18-57(16-14-55)30-42-24-39(27-48(54-42)51(62)63)45-12-9-33(3)21-36(45)6/h7-12,19-27H,13-18,28-30H2,1-6H3,(H,58,59)(H,60,61)(H,62,63). The second kappa shape index (κ2) is 19.2. The lowest BCUT2D eigenvalue weighted by Gasteiger charge is -2.26. The van der Waals surface area contributed by atoms with Gasteiger partial charge in [-0.3, -0.25) is 14.7 Å². The van der Waals surface area contributed by atoms with Crippen molar-refractivity contribution in [3.8, 4) is 33.4 Å². The van der Waals surface area contributed by atoms with E-state index >= 15 is 0 Å². The highest BCUT2D eigenvalue weighted by atomic mass is 16.4. The normalized spacial score (nSPS) is 14.2. The van der Waals surface area contributed by atoms with Crippen molar-refractivity contribution in [3.05, 3.63) is 159 Å². The summed E-state index contributed by atoms with van der Waals surface area (Å²) in [5.41, 5.74) is 13.5. The number of pyridine rings is 3. The van der Waals surface area contributed by atoms with Crippen LogP contribution < -0.4 is 0 Å². The molecular weight excluding hydrogens is 793 g/mol. The summed E-state index contributed by atoms with van der Waals surface area (Å²) < 4.78 is 0. The summed E-state index contributed by atoms with van der Waals surface area (Å²) in [4.78, 5) is 57.8.